The standard InChI is InChI=1S/C13H19NO2S/c1-2-11(14)9-17(15)8-10-7-16-13-6-4-3-5-12(10)13/h3-6,10-11H,2,7-9,14H2,1H3. The Kier molecular flexibility index (Phi) is 4.18. The highest BCUT2D eigenvalue weighted by molar-refractivity contribution is 7.85. The highest BCUT2D eigenvalue weighted by Crippen LogP contribution is 2.33. The molecule has 0 fully saturated rings. The monoisotopic (exact) mass is 253 g/mol. The number of ether oxygens (including phenoxy) is 1. The number of benzene rings is 1. The second-order valence-corrected chi connectivity index (χ2v) is 6.03. The maximum Gasteiger partial charge on any atom is 0.122 e. The smallest absolute Gasteiger partial charge is 0.122 e. The van der Waals surface area contributed by atoms with E-state index in [0.29, 0.717) is 18.1 Å². The summed E-state index contributed by atoms with van der Waals surface area (Å²) in [6.45, 7) is 2.67. The molecule has 0 bridgehead atoms. The van der Waals surface area contributed by atoms with Gasteiger partial charge in [0.2, 0.25) is 0 Å². The summed E-state index contributed by atoms with van der Waals surface area (Å²) in [6, 6.07) is 8.04. The van der Waals surface area contributed by atoms with E-state index in [9.17, 15) is 4.21 Å². The Hall–Kier alpha value is -0.870. The van der Waals surface area contributed by atoms with E-state index in [1.807, 2.05) is 25.1 Å². The van der Waals surface area contributed by atoms with Crippen LogP contribution in [0.15, 0.2) is 24.3 Å². The molecule has 1 aliphatic rings. The van der Waals surface area contributed by atoms with Crippen LogP contribution in [0.5, 0.6) is 5.75 Å². The van der Waals surface area contributed by atoms with E-state index in [4.69, 9.17) is 10.5 Å². The Bertz CT molecular complexity index is 408. The van der Waals surface area contributed by atoms with Gasteiger partial charge in [0.15, 0.2) is 0 Å². The lowest BCUT2D eigenvalue weighted by Gasteiger charge is -2.11. The molecule has 94 valence electrons. The van der Waals surface area contributed by atoms with Crippen LogP contribution in [-0.2, 0) is 10.8 Å². The van der Waals surface area contributed by atoms with Crippen LogP contribution in [0.4, 0.5) is 0 Å². The van der Waals surface area contributed by atoms with Crippen LogP contribution in [0.1, 0.15) is 24.8 Å². The highest BCUT2D eigenvalue weighted by atomic mass is 32.2. The van der Waals surface area contributed by atoms with Crippen LogP contribution in [-0.4, -0.2) is 28.4 Å². The zero-order valence-electron chi connectivity index (χ0n) is 10.1. The summed E-state index contributed by atoms with van der Waals surface area (Å²) in [4.78, 5) is 0. The van der Waals surface area contributed by atoms with Crippen LogP contribution >= 0.6 is 0 Å². The molecule has 17 heavy (non-hydrogen) atoms. The summed E-state index contributed by atoms with van der Waals surface area (Å²) in [5.74, 6) is 2.45. The number of hydrogen-bond acceptors (Lipinski definition) is 3. The van der Waals surface area contributed by atoms with Crippen LogP contribution in [0.2, 0.25) is 0 Å². The Balaban J connectivity index is 1.95. The largest absolute Gasteiger partial charge is 0.493 e. The first-order chi connectivity index (χ1) is 8.20. The van der Waals surface area contributed by atoms with E-state index in [1.165, 1.54) is 5.56 Å². The molecule has 3 unspecified atom stereocenters. The van der Waals surface area contributed by atoms with Gasteiger partial charge in [0.05, 0.1) is 6.61 Å². The summed E-state index contributed by atoms with van der Waals surface area (Å²) in [5, 5.41) is 0. The lowest BCUT2D eigenvalue weighted by atomic mass is 10.0. The second kappa shape index (κ2) is 5.65. The molecule has 2 rings (SSSR count). The number of para-hydroxylation sites is 1. The van der Waals surface area contributed by atoms with Gasteiger partial charge in [-0.15, -0.1) is 0 Å². The highest BCUT2D eigenvalue weighted by Gasteiger charge is 2.25. The number of fused-ring (bicyclic) bond motifs is 1. The Morgan fingerprint density at radius 3 is 3.06 bits per heavy atom. The minimum Gasteiger partial charge on any atom is -0.493 e. The molecular weight excluding hydrogens is 234 g/mol. The molecule has 3 atom stereocenters. The lowest BCUT2D eigenvalue weighted by molar-refractivity contribution is 0.338. The third kappa shape index (κ3) is 3.07. The SMILES string of the molecule is CCC(N)CS(=O)CC1COc2ccccc21. The predicted molar refractivity (Wildman–Crippen MR) is 70.8 cm³/mol. The molecule has 3 nitrogen and oxygen atoms in total. The van der Waals surface area contributed by atoms with Crippen molar-refractivity contribution in [3.63, 3.8) is 0 Å². The van der Waals surface area contributed by atoms with Gasteiger partial charge in [-0.2, -0.15) is 0 Å². The zero-order chi connectivity index (χ0) is 12.3. The van der Waals surface area contributed by atoms with E-state index < -0.39 is 10.8 Å². The van der Waals surface area contributed by atoms with E-state index in [-0.39, 0.29) is 12.0 Å². The zero-order valence-corrected chi connectivity index (χ0v) is 10.9. The van der Waals surface area contributed by atoms with Gasteiger partial charge in [-0.3, -0.25) is 4.21 Å². The molecule has 1 aromatic carbocycles. The fourth-order valence-corrected chi connectivity index (χ4v) is 3.59. The fourth-order valence-electron chi connectivity index (χ4n) is 2.02. The van der Waals surface area contributed by atoms with Gasteiger partial charge in [-0.05, 0) is 12.5 Å². The molecule has 0 saturated heterocycles. The molecular formula is C13H19NO2S. The molecule has 0 aliphatic carbocycles. The molecule has 0 amide bonds. The third-order valence-corrected chi connectivity index (χ3v) is 4.68. The van der Waals surface area contributed by atoms with Crippen molar-refractivity contribution in [1.29, 1.82) is 0 Å². The maximum atomic E-state index is 12.0. The van der Waals surface area contributed by atoms with Gasteiger partial charge in [0.25, 0.3) is 0 Å². The van der Waals surface area contributed by atoms with Crippen molar-refractivity contribution >= 4 is 10.8 Å². The minimum atomic E-state index is -0.852. The molecule has 4 heteroatoms. The van der Waals surface area contributed by atoms with Crippen LogP contribution < -0.4 is 10.5 Å². The van der Waals surface area contributed by atoms with Gasteiger partial charge in [0, 0.05) is 39.8 Å². The number of rotatable bonds is 5. The maximum absolute atomic E-state index is 12.0. The lowest BCUT2D eigenvalue weighted by Crippen LogP contribution is -2.28. The Labute approximate surface area is 105 Å². The molecule has 0 aromatic heterocycles. The number of nitrogens with two attached hydrogens (primary N) is 1. The van der Waals surface area contributed by atoms with Crippen molar-refractivity contribution in [3.05, 3.63) is 29.8 Å². The van der Waals surface area contributed by atoms with Crippen molar-refractivity contribution in [1.82, 2.24) is 0 Å². The fraction of sp³-hybridized carbons (Fsp3) is 0.538. The Morgan fingerprint density at radius 2 is 2.29 bits per heavy atom. The summed E-state index contributed by atoms with van der Waals surface area (Å²) < 4.78 is 17.5. The van der Waals surface area contributed by atoms with E-state index in [1.54, 1.807) is 0 Å². The van der Waals surface area contributed by atoms with Crippen molar-refractivity contribution in [3.8, 4) is 5.75 Å². The first-order valence-electron chi connectivity index (χ1n) is 6.03. The predicted octanol–water partition coefficient (Wildman–Crippen LogP) is 1.65. The summed E-state index contributed by atoms with van der Waals surface area (Å²) in [7, 11) is -0.852. The van der Waals surface area contributed by atoms with E-state index in [0.717, 1.165) is 12.2 Å². The second-order valence-electron chi connectivity index (χ2n) is 4.49. The van der Waals surface area contributed by atoms with Gasteiger partial charge in [-0.25, -0.2) is 0 Å². The van der Waals surface area contributed by atoms with Crippen molar-refractivity contribution in [2.45, 2.75) is 25.3 Å². The Morgan fingerprint density at radius 1 is 1.53 bits per heavy atom. The van der Waals surface area contributed by atoms with E-state index >= 15 is 0 Å². The summed E-state index contributed by atoms with van der Waals surface area (Å²) in [5.41, 5.74) is 7.00. The van der Waals surface area contributed by atoms with Gasteiger partial charge in [0.1, 0.15) is 5.75 Å². The average Bonchev–Trinajstić information content (AvgIpc) is 2.72. The first-order valence-corrected chi connectivity index (χ1v) is 7.51. The number of hydrogen-bond donors (Lipinski definition) is 1. The first kappa shape index (κ1) is 12.6. The third-order valence-electron chi connectivity index (χ3n) is 3.11. The van der Waals surface area contributed by atoms with Crippen molar-refractivity contribution in [2.75, 3.05) is 18.1 Å². The molecule has 1 heterocycles. The quantitative estimate of drug-likeness (QED) is 0.868. The summed E-state index contributed by atoms with van der Waals surface area (Å²) >= 11 is 0. The molecule has 1 aromatic rings. The van der Waals surface area contributed by atoms with Crippen LogP contribution in [0, 0.1) is 0 Å². The van der Waals surface area contributed by atoms with Crippen LogP contribution in [0.3, 0.4) is 0 Å². The minimum absolute atomic E-state index is 0.0494. The van der Waals surface area contributed by atoms with Crippen molar-refractivity contribution in [2.24, 2.45) is 5.73 Å². The summed E-state index contributed by atoms with van der Waals surface area (Å²) in [6.07, 6.45) is 0.878. The van der Waals surface area contributed by atoms with Gasteiger partial charge < -0.3 is 10.5 Å². The molecule has 0 saturated carbocycles. The molecule has 2 N–H and O–H groups in total. The van der Waals surface area contributed by atoms with Gasteiger partial charge >= 0.3 is 0 Å². The van der Waals surface area contributed by atoms with Crippen molar-refractivity contribution < 1.29 is 8.95 Å². The molecule has 1 aliphatic heterocycles. The molecule has 0 spiro atoms. The average molecular weight is 253 g/mol. The van der Waals surface area contributed by atoms with Crippen LogP contribution in [0.25, 0.3) is 0 Å². The van der Waals surface area contributed by atoms with Gasteiger partial charge in [-0.1, -0.05) is 25.1 Å². The normalized spacial score (nSPS) is 21.6. The van der Waals surface area contributed by atoms with E-state index in [2.05, 4.69) is 6.07 Å². The molecule has 0 radical (unpaired) electrons. The topological polar surface area (TPSA) is 52.3 Å².